The summed E-state index contributed by atoms with van der Waals surface area (Å²) >= 11 is 10.3. The maximum Gasteiger partial charge on any atom is 0.230 e. The molecule has 0 radical (unpaired) electrons. The van der Waals surface area contributed by atoms with Gasteiger partial charge in [0.05, 0.1) is 22.0 Å². The second-order valence-electron chi connectivity index (χ2n) is 10.9. The lowest BCUT2D eigenvalue weighted by molar-refractivity contribution is -0.119. The molecule has 1 saturated carbocycles. The van der Waals surface area contributed by atoms with Gasteiger partial charge in [-0.3, -0.25) is 9.59 Å². The van der Waals surface area contributed by atoms with Crippen LogP contribution in [0, 0.1) is 5.92 Å². The van der Waals surface area contributed by atoms with Crippen LogP contribution in [0.4, 0.5) is 0 Å². The standard InChI is InChI=1S/C19H21NOS.C18H19Br2NOS/c21-18(20-13-15-11-12-15)14-22-19(16-7-3-1-4-8-16)17-9-5-2-6-10-17;1-2-11-21-17(22)12-23-18(13-3-7-15(19)8-4-13)14-5-9-16(20)10-6-14/h1-10,15,19H,11-14H2,(H,20,21);3-10,18H,2,11-12H2,1H3,(H,21,22). The fourth-order valence-electron chi connectivity index (χ4n) is 4.57. The van der Waals surface area contributed by atoms with Crippen LogP contribution >= 0.6 is 55.4 Å². The number of halogens is 2. The van der Waals surface area contributed by atoms with Gasteiger partial charge in [-0.15, -0.1) is 23.5 Å². The zero-order valence-electron chi connectivity index (χ0n) is 25.5. The predicted molar refractivity (Wildman–Crippen MR) is 199 cm³/mol. The lowest BCUT2D eigenvalue weighted by Crippen LogP contribution is -2.27. The van der Waals surface area contributed by atoms with E-state index in [4.69, 9.17) is 0 Å². The Balaban J connectivity index is 0.000000205. The third-order valence-electron chi connectivity index (χ3n) is 7.17. The highest BCUT2D eigenvalue weighted by molar-refractivity contribution is 9.10. The van der Waals surface area contributed by atoms with Gasteiger partial charge in [0.25, 0.3) is 0 Å². The Labute approximate surface area is 293 Å². The van der Waals surface area contributed by atoms with Gasteiger partial charge < -0.3 is 10.6 Å². The topological polar surface area (TPSA) is 58.2 Å². The van der Waals surface area contributed by atoms with E-state index in [2.05, 4.69) is 122 Å². The van der Waals surface area contributed by atoms with Crippen LogP contribution in [0.1, 0.15) is 58.9 Å². The van der Waals surface area contributed by atoms with Crippen LogP contribution in [-0.2, 0) is 9.59 Å². The SMILES string of the molecule is CCCNC(=O)CSC(c1ccc(Br)cc1)c1ccc(Br)cc1.O=C(CSC(c1ccccc1)c1ccccc1)NCC1CC1. The molecule has 4 aromatic rings. The lowest BCUT2D eigenvalue weighted by Gasteiger charge is -2.18. The van der Waals surface area contributed by atoms with Crippen molar-refractivity contribution in [3.05, 3.63) is 140 Å². The van der Waals surface area contributed by atoms with Crippen LogP contribution in [0.25, 0.3) is 0 Å². The van der Waals surface area contributed by atoms with Crippen molar-refractivity contribution in [1.29, 1.82) is 0 Å². The molecule has 1 fully saturated rings. The molecule has 2 amide bonds. The summed E-state index contributed by atoms with van der Waals surface area (Å²) in [6.45, 7) is 3.64. The molecule has 0 atom stereocenters. The first-order chi connectivity index (χ1) is 21.9. The molecule has 0 heterocycles. The quantitative estimate of drug-likeness (QED) is 0.134. The van der Waals surface area contributed by atoms with Crippen LogP contribution in [0.3, 0.4) is 0 Å². The highest BCUT2D eigenvalue weighted by Crippen LogP contribution is 2.37. The monoisotopic (exact) mass is 766 g/mol. The Morgan fingerprint density at radius 1 is 0.644 bits per heavy atom. The largest absolute Gasteiger partial charge is 0.355 e. The Bertz CT molecular complexity index is 1370. The molecule has 4 aromatic carbocycles. The average Bonchev–Trinajstić information content (AvgIpc) is 3.91. The molecular formula is C37H40Br2N2O2S2. The molecule has 0 aliphatic heterocycles. The van der Waals surface area contributed by atoms with E-state index >= 15 is 0 Å². The van der Waals surface area contributed by atoms with Crippen molar-refractivity contribution < 1.29 is 9.59 Å². The molecule has 0 saturated heterocycles. The number of rotatable bonds is 14. The van der Waals surface area contributed by atoms with Gasteiger partial charge in [0.2, 0.25) is 11.8 Å². The molecule has 1 aliphatic rings. The molecule has 8 heteroatoms. The second-order valence-corrected chi connectivity index (χ2v) is 14.9. The summed E-state index contributed by atoms with van der Waals surface area (Å²) in [7, 11) is 0. The van der Waals surface area contributed by atoms with E-state index < -0.39 is 0 Å². The average molecular weight is 769 g/mol. The maximum atomic E-state index is 12.0. The first-order valence-electron chi connectivity index (χ1n) is 15.3. The van der Waals surface area contributed by atoms with E-state index in [0.717, 1.165) is 34.4 Å². The van der Waals surface area contributed by atoms with E-state index in [-0.39, 0.29) is 22.3 Å². The highest BCUT2D eigenvalue weighted by Gasteiger charge is 2.22. The highest BCUT2D eigenvalue weighted by atomic mass is 79.9. The Kier molecular flexibility index (Phi) is 15.1. The summed E-state index contributed by atoms with van der Waals surface area (Å²) in [5, 5.41) is 6.32. The summed E-state index contributed by atoms with van der Waals surface area (Å²) in [5.41, 5.74) is 4.88. The summed E-state index contributed by atoms with van der Waals surface area (Å²) in [4.78, 5) is 23.9. The van der Waals surface area contributed by atoms with Crippen LogP contribution in [0.15, 0.2) is 118 Å². The van der Waals surface area contributed by atoms with Gasteiger partial charge in [-0.2, -0.15) is 0 Å². The number of nitrogens with one attached hydrogen (secondary N) is 2. The van der Waals surface area contributed by atoms with Crippen LogP contribution in [0.2, 0.25) is 0 Å². The molecule has 236 valence electrons. The molecule has 4 nitrogen and oxygen atoms in total. The minimum atomic E-state index is 0.0936. The van der Waals surface area contributed by atoms with Crippen molar-refractivity contribution in [2.75, 3.05) is 24.6 Å². The lowest BCUT2D eigenvalue weighted by atomic mass is 10.0. The molecule has 0 spiro atoms. The first kappa shape index (κ1) is 35.3. The van der Waals surface area contributed by atoms with Gasteiger partial charge in [-0.05, 0) is 71.7 Å². The smallest absolute Gasteiger partial charge is 0.230 e. The van der Waals surface area contributed by atoms with Crippen molar-refractivity contribution in [3.8, 4) is 0 Å². The molecule has 0 aromatic heterocycles. The van der Waals surface area contributed by atoms with Gasteiger partial charge in [0.1, 0.15) is 0 Å². The van der Waals surface area contributed by atoms with Gasteiger partial charge in [-0.25, -0.2) is 0 Å². The van der Waals surface area contributed by atoms with E-state index in [0.29, 0.717) is 11.5 Å². The summed E-state index contributed by atoms with van der Waals surface area (Å²) < 4.78 is 2.11. The third kappa shape index (κ3) is 12.7. The number of thioether (sulfide) groups is 2. The van der Waals surface area contributed by atoms with Gasteiger partial charge in [0, 0.05) is 22.0 Å². The minimum Gasteiger partial charge on any atom is -0.355 e. The molecular weight excluding hydrogens is 728 g/mol. The number of hydrogen-bond acceptors (Lipinski definition) is 4. The van der Waals surface area contributed by atoms with Gasteiger partial charge in [-0.1, -0.05) is 124 Å². The second kappa shape index (κ2) is 19.2. The van der Waals surface area contributed by atoms with Crippen molar-refractivity contribution >= 4 is 67.2 Å². The number of carbonyl (C=O) groups excluding carboxylic acids is 2. The Hall–Kier alpha value is -2.52. The minimum absolute atomic E-state index is 0.0936. The van der Waals surface area contributed by atoms with Crippen LogP contribution in [0.5, 0.6) is 0 Å². The van der Waals surface area contributed by atoms with Crippen molar-refractivity contribution in [3.63, 3.8) is 0 Å². The zero-order chi connectivity index (χ0) is 31.9. The molecule has 0 unspecified atom stereocenters. The zero-order valence-corrected chi connectivity index (χ0v) is 30.3. The fourth-order valence-corrected chi connectivity index (χ4v) is 7.33. The normalized spacial score (nSPS) is 12.4. The number of benzene rings is 4. The summed E-state index contributed by atoms with van der Waals surface area (Å²) in [5.74, 6) is 1.93. The van der Waals surface area contributed by atoms with Gasteiger partial charge >= 0.3 is 0 Å². The van der Waals surface area contributed by atoms with Crippen molar-refractivity contribution in [2.24, 2.45) is 5.92 Å². The molecule has 0 bridgehead atoms. The predicted octanol–water partition coefficient (Wildman–Crippen LogP) is 9.60. The van der Waals surface area contributed by atoms with Gasteiger partial charge in [0.15, 0.2) is 0 Å². The maximum absolute atomic E-state index is 12.0. The summed E-state index contributed by atoms with van der Waals surface area (Å²) in [6.07, 6.45) is 3.49. The number of carbonyl (C=O) groups is 2. The number of amides is 2. The van der Waals surface area contributed by atoms with E-state index in [1.807, 2.05) is 36.4 Å². The van der Waals surface area contributed by atoms with Crippen LogP contribution in [-0.4, -0.2) is 36.4 Å². The Morgan fingerprint density at radius 3 is 1.44 bits per heavy atom. The van der Waals surface area contributed by atoms with E-state index in [1.54, 1.807) is 23.5 Å². The van der Waals surface area contributed by atoms with Crippen LogP contribution < -0.4 is 10.6 Å². The summed E-state index contributed by atoms with van der Waals surface area (Å²) in [6, 6.07) is 37.4. The first-order valence-corrected chi connectivity index (χ1v) is 19.0. The van der Waals surface area contributed by atoms with E-state index in [9.17, 15) is 9.59 Å². The van der Waals surface area contributed by atoms with Crippen molar-refractivity contribution in [1.82, 2.24) is 10.6 Å². The molecule has 5 rings (SSSR count). The third-order valence-corrected chi connectivity index (χ3v) is 10.8. The fraction of sp³-hybridized carbons (Fsp3) is 0.297. The van der Waals surface area contributed by atoms with Crippen molar-refractivity contribution in [2.45, 2.75) is 36.7 Å². The Morgan fingerprint density at radius 2 is 1.04 bits per heavy atom. The molecule has 2 N–H and O–H groups in total. The van der Waals surface area contributed by atoms with E-state index in [1.165, 1.54) is 35.1 Å². The number of hydrogen-bond donors (Lipinski definition) is 2. The molecule has 45 heavy (non-hydrogen) atoms. The molecule has 1 aliphatic carbocycles.